The Morgan fingerprint density at radius 2 is 1.83 bits per heavy atom. The lowest BCUT2D eigenvalue weighted by molar-refractivity contribution is -0.121. The molecule has 1 N–H and O–H groups in total. The van der Waals surface area contributed by atoms with Crippen LogP contribution in [0.2, 0.25) is 0 Å². The van der Waals surface area contributed by atoms with Gasteiger partial charge in [0.05, 0.1) is 19.8 Å². The number of benzene rings is 2. The van der Waals surface area contributed by atoms with Gasteiger partial charge < -0.3 is 19.7 Å². The number of rotatable bonds is 9. The van der Waals surface area contributed by atoms with Crippen LogP contribution in [-0.2, 0) is 4.79 Å². The zero-order chi connectivity index (χ0) is 21.3. The van der Waals surface area contributed by atoms with Gasteiger partial charge in [0.25, 0.3) is 0 Å². The Bertz CT molecular complexity index is 789. The Morgan fingerprint density at radius 3 is 2.50 bits per heavy atom. The molecular formula is C25H34N2O3. The van der Waals surface area contributed by atoms with Crippen LogP contribution in [0.5, 0.6) is 11.5 Å². The molecule has 0 bridgehead atoms. The molecule has 2 aromatic carbocycles. The fourth-order valence-corrected chi connectivity index (χ4v) is 3.89. The maximum atomic E-state index is 12.3. The first-order valence-corrected chi connectivity index (χ1v) is 11.0. The van der Waals surface area contributed by atoms with Crippen LogP contribution in [-0.4, -0.2) is 32.7 Å². The highest BCUT2D eigenvalue weighted by Crippen LogP contribution is 2.24. The second-order valence-electron chi connectivity index (χ2n) is 8.20. The SMILES string of the molecule is COc1ccc(OCCCC(=O)N[C@H](C)c2ccc(N3CCC[C@@H](C)C3)cc2)cc1. The Balaban J connectivity index is 1.39. The number of nitrogens with one attached hydrogen (secondary N) is 1. The monoisotopic (exact) mass is 410 g/mol. The van der Waals surface area contributed by atoms with Crippen molar-refractivity contribution >= 4 is 11.6 Å². The third-order valence-electron chi connectivity index (χ3n) is 5.67. The van der Waals surface area contributed by atoms with E-state index < -0.39 is 0 Å². The minimum Gasteiger partial charge on any atom is -0.497 e. The summed E-state index contributed by atoms with van der Waals surface area (Å²) in [6.45, 7) is 7.12. The van der Waals surface area contributed by atoms with Gasteiger partial charge in [-0.3, -0.25) is 4.79 Å². The van der Waals surface area contributed by atoms with E-state index in [2.05, 4.69) is 41.4 Å². The molecule has 3 rings (SSSR count). The third-order valence-corrected chi connectivity index (χ3v) is 5.67. The Morgan fingerprint density at radius 1 is 1.13 bits per heavy atom. The minimum absolute atomic E-state index is 0.00524. The second-order valence-corrected chi connectivity index (χ2v) is 8.20. The van der Waals surface area contributed by atoms with E-state index >= 15 is 0 Å². The van der Waals surface area contributed by atoms with E-state index in [4.69, 9.17) is 9.47 Å². The highest BCUT2D eigenvalue weighted by atomic mass is 16.5. The number of anilines is 1. The molecule has 0 aliphatic carbocycles. The van der Waals surface area contributed by atoms with E-state index in [0.717, 1.165) is 36.1 Å². The molecule has 1 fully saturated rings. The molecule has 1 aliphatic heterocycles. The fraction of sp³-hybridized carbons (Fsp3) is 0.480. The third kappa shape index (κ3) is 6.41. The Kier molecular flexibility index (Phi) is 8.00. The van der Waals surface area contributed by atoms with Crippen LogP contribution < -0.4 is 19.7 Å². The molecule has 0 radical (unpaired) electrons. The molecule has 1 aliphatic rings. The lowest BCUT2D eigenvalue weighted by Crippen LogP contribution is -2.34. The van der Waals surface area contributed by atoms with Crippen molar-refractivity contribution in [1.82, 2.24) is 5.32 Å². The molecule has 2 atom stereocenters. The molecule has 1 saturated heterocycles. The first-order chi connectivity index (χ1) is 14.5. The van der Waals surface area contributed by atoms with Crippen LogP contribution in [0.3, 0.4) is 0 Å². The molecule has 2 aromatic rings. The molecule has 1 amide bonds. The Labute approximate surface area is 180 Å². The average molecular weight is 411 g/mol. The zero-order valence-electron chi connectivity index (χ0n) is 18.4. The highest BCUT2D eigenvalue weighted by molar-refractivity contribution is 5.76. The predicted molar refractivity (Wildman–Crippen MR) is 121 cm³/mol. The van der Waals surface area contributed by atoms with Crippen LogP contribution in [0.15, 0.2) is 48.5 Å². The smallest absolute Gasteiger partial charge is 0.220 e. The zero-order valence-corrected chi connectivity index (χ0v) is 18.4. The molecule has 30 heavy (non-hydrogen) atoms. The van der Waals surface area contributed by atoms with Crippen LogP contribution in [0.4, 0.5) is 5.69 Å². The van der Waals surface area contributed by atoms with Crippen molar-refractivity contribution in [3.8, 4) is 11.5 Å². The number of amides is 1. The average Bonchev–Trinajstić information content (AvgIpc) is 2.77. The quantitative estimate of drug-likeness (QED) is 0.593. The number of hydrogen-bond acceptors (Lipinski definition) is 4. The lowest BCUT2D eigenvalue weighted by atomic mass is 9.99. The summed E-state index contributed by atoms with van der Waals surface area (Å²) < 4.78 is 10.8. The number of ether oxygens (including phenoxy) is 2. The molecule has 0 spiro atoms. The molecule has 5 heteroatoms. The number of hydrogen-bond donors (Lipinski definition) is 1. The van der Waals surface area contributed by atoms with Gasteiger partial charge in [-0.25, -0.2) is 0 Å². The van der Waals surface area contributed by atoms with Crippen LogP contribution in [0, 0.1) is 5.92 Å². The van der Waals surface area contributed by atoms with E-state index in [1.807, 2.05) is 31.2 Å². The first-order valence-electron chi connectivity index (χ1n) is 11.0. The molecule has 1 heterocycles. The molecule has 5 nitrogen and oxygen atoms in total. The Hall–Kier alpha value is -2.69. The van der Waals surface area contributed by atoms with Gasteiger partial charge in [-0.2, -0.15) is 0 Å². The van der Waals surface area contributed by atoms with E-state index in [9.17, 15) is 4.79 Å². The van der Waals surface area contributed by atoms with Crippen LogP contribution in [0.1, 0.15) is 51.1 Å². The second kappa shape index (κ2) is 10.9. The van der Waals surface area contributed by atoms with E-state index in [1.54, 1.807) is 7.11 Å². The van der Waals surface area contributed by atoms with E-state index in [0.29, 0.717) is 19.4 Å². The molecular weight excluding hydrogens is 376 g/mol. The maximum Gasteiger partial charge on any atom is 0.220 e. The molecule has 0 saturated carbocycles. The van der Waals surface area contributed by atoms with Gasteiger partial charge in [0, 0.05) is 25.2 Å². The summed E-state index contributed by atoms with van der Waals surface area (Å²) >= 11 is 0. The lowest BCUT2D eigenvalue weighted by Gasteiger charge is -2.33. The van der Waals surface area contributed by atoms with Crippen molar-refractivity contribution in [1.29, 1.82) is 0 Å². The van der Waals surface area contributed by atoms with Crippen molar-refractivity contribution in [2.24, 2.45) is 5.92 Å². The summed E-state index contributed by atoms with van der Waals surface area (Å²) in [5.41, 5.74) is 2.41. The van der Waals surface area contributed by atoms with Crippen molar-refractivity contribution in [3.63, 3.8) is 0 Å². The van der Waals surface area contributed by atoms with E-state index in [1.165, 1.54) is 18.5 Å². The normalized spacial score (nSPS) is 17.3. The number of methoxy groups -OCH3 is 1. The van der Waals surface area contributed by atoms with Gasteiger partial charge >= 0.3 is 0 Å². The highest BCUT2D eigenvalue weighted by Gasteiger charge is 2.17. The number of carbonyl (C=O) groups is 1. The summed E-state index contributed by atoms with van der Waals surface area (Å²) in [7, 11) is 1.64. The first kappa shape index (κ1) is 22.0. The minimum atomic E-state index is -0.00524. The van der Waals surface area contributed by atoms with Gasteiger partial charge in [-0.15, -0.1) is 0 Å². The van der Waals surface area contributed by atoms with Gasteiger partial charge in [-0.05, 0) is 74.1 Å². The summed E-state index contributed by atoms with van der Waals surface area (Å²) in [5.74, 6) is 2.39. The molecule has 162 valence electrons. The van der Waals surface area contributed by atoms with Crippen molar-refractivity contribution < 1.29 is 14.3 Å². The molecule has 0 unspecified atom stereocenters. The summed E-state index contributed by atoms with van der Waals surface area (Å²) in [6, 6.07) is 16.1. The summed E-state index contributed by atoms with van der Waals surface area (Å²) in [5, 5.41) is 3.09. The maximum absolute atomic E-state index is 12.3. The van der Waals surface area contributed by atoms with Gasteiger partial charge in [0.1, 0.15) is 11.5 Å². The van der Waals surface area contributed by atoms with Crippen molar-refractivity contribution in [2.45, 2.75) is 45.6 Å². The van der Waals surface area contributed by atoms with Crippen LogP contribution >= 0.6 is 0 Å². The standard InChI is InChI=1S/C25H34N2O3/c1-19-6-4-16-27(18-19)22-10-8-21(9-11-22)20(2)26-25(28)7-5-17-30-24-14-12-23(29-3)13-15-24/h8-15,19-20H,4-7,16-18H2,1-3H3,(H,26,28)/t19-,20-/m1/s1. The van der Waals surface area contributed by atoms with Crippen molar-refractivity contribution in [2.75, 3.05) is 31.7 Å². The number of nitrogens with zero attached hydrogens (tertiary/aromatic N) is 1. The topological polar surface area (TPSA) is 50.8 Å². The summed E-state index contributed by atoms with van der Waals surface area (Å²) in [6.07, 6.45) is 3.71. The summed E-state index contributed by atoms with van der Waals surface area (Å²) in [4.78, 5) is 14.7. The van der Waals surface area contributed by atoms with E-state index in [-0.39, 0.29) is 11.9 Å². The fourth-order valence-electron chi connectivity index (χ4n) is 3.89. The predicted octanol–water partition coefficient (Wildman–Crippen LogP) is 4.97. The molecule has 0 aromatic heterocycles. The van der Waals surface area contributed by atoms with Crippen molar-refractivity contribution in [3.05, 3.63) is 54.1 Å². The van der Waals surface area contributed by atoms with Gasteiger partial charge in [-0.1, -0.05) is 19.1 Å². The van der Waals surface area contributed by atoms with Crippen LogP contribution in [0.25, 0.3) is 0 Å². The largest absolute Gasteiger partial charge is 0.497 e. The van der Waals surface area contributed by atoms with Gasteiger partial charge in [0.2, 0.25) is 5.91 Å². The number of carbonyl (C=O) groups excluding carboxylic acids is 1. The van der Waals surface area contributed by atoms with Gasteiger partial charge in [0.15, 0.2) is 0 Å². The number of piperidine rings is 1.